The van der Waals surface area contributed by atoms with Gasteiger partial charge in [-0.3, -0.25) is 4.79 Å². The molecular weight excluding hydrogens is 354 g/mol. The van der Waals surface area contributed by atoms with E-state index in [0.29, 0.717) is 18.9 Å². The Morgan fingerprint density at radius 2 is 1.43 bits per heavy atom. The molecule has 5 heteroatoms. The minimum Gasteiger partial charge on any atom is -0.496 e. The molecule has 0 fully saturated rings. The summed E-state index contributed by atoms with van der Waals surface area (Å²) in [6.45, 7) is 2.63. The second kappa shape index (κ2) is 9.13. The van der Waals surface area contributed by atoms with Gasteiger partial charge in [-0.25, -0.2) is 0 Å². The van der Waals surface area contributed by atoms with Crippen molar-refractivity contribution in [1.82, 2.24) is 0 Å². The normalized spacial score (nSPS) is 10.5. The van der Waals surface area contributed by atoms with Crippen molar-refractivity contribution in [2.75, 3.05) is 26.1 Å². The van der Waals surface area contributed by atoms with Crippen LogP contribution in [-0.2, 0) is 22.5 Å². The van der Waals surface area contributed by atoms with Gasteiger partial charge in [0.05, 0.1) is 27.2 Å². The first-order chi connectivity index (χ1) is 13.7. The van der Waals surface area contributed by atoms with E-state index < -0.39 is 0 Å². The Balaban J connectivity index is 2.14. The van der Waals surface area contributed by atoms with Crippen LogP contribution in [0.1, 0.15) is 18.1 Å². The largest absolute Gasteiger partial charge is 0.496 e. The number of hydrogen-bond acceptors (Lipinski definition) is 5. The van der Waals surface area contributed by atoms with E-state index in [2.05, 4.69) is 5.32 Å². The number of carbonyl (C=O) groups excluding carboxylic acids is 1. The highest BCUT2D eigenvalue weighted by atomic mass is 16.5. The number of fused-ring (bicyclic) bond motifs is 1. The molecule has 3 aromatic rings. The number of ether oxygens (including phenoxy) is 3. The van der Waals surface area contributed by atoms with E-state index in [4.69, 9.17) is 14.2 Å². The van der Waals surface area contributed by atoms with Crippen molar-refractivity contribution < 1.29 is 19.0 Å². The summed E-state index contributed by atoms with van der Waals surface area (Å²) in [7, 11) is 3.27. The van der Waals surface area contributed by atoms with Crippen LogP contribution in [0, 0.1) is 0 Å². The number of nitrogens with one attached hydrogen (secondary N) is 1. The van der Waals surface area contributed by atoms with E-state index in [1.807, 2.05) is 54.6 Å². The maximum atomic E-state index is 12.3. The number of anilines is 1. The zero-order valence-electron chi connectivity index (χ0n) is 16.5. The summed E-state index contributed by atoms with van der Waals surface area (Å²) in [5, 5.41) is 5.26. The molecule has 0 aliphatic heterocycles. The van der Waals surface area contributed by atoms with Crippen LogP contribution in [0.5, 0.6) is 11.5 Å². The lowest BCUT2D eigenvalue weighted by Gasteiger charge is -2.21. The van der Waals surface area contributed by atoms with Gasteiger partial charge in [-0.2, -0.15) is 0 Å². The van der Waals surface area contributed by atoms with Gasteiger partial charge in [0.25, 0.3) is 0 Å². The van der Waals surface area contributed by atoms with Gasteiger partial charge in [-0.1, -0.05) is 42.5 Å². The standard InChI is InChI=1S/C23H25NO4/c1-4-28-21(25)14-19-20(15-24-16-10-6-5-7-11-16)23(27-3)18-13-9-8-12-17(18)22(19)26-2/h5-13,24H,4,14-15H2,1-3H3. The molecule has 5 nitrogen and oxygen atoms in total. The molecule has 0 aliphatic rings. The predicted molar refractivity (Wildman–Crippen MR) is 111 cm³/mol. The van der Waals surface area contributed by atoms with Gasteiger partial charge in [0, 0.05) is 34.1 Å². The van der Waals surface area contributed by atoms with Crippen LogP contribution in [-0.4, -0.2) is 26.8 Å². The third kappa shape index (κ3) is 4.03. The Bertz CT molecular complexity index is 954. The highest BCUT2D eigenvalue weighted by Gasteiger charge is 2.23. The molecule has 3 aromatic carbocycles. The van der Waals surface area contributed by atoms with Crippen LogP contribution in [0.15, 0.2) is 54.6 Å². The smallest absolute Gasteiger partial charge is 0.310 e. The Labute approximate surface area is 165 Å². The summed E-state index contributed by atoms with van der Waals surface area (Å²) in [6, 6.07) is 17.8. The molecule has 0 unspecified atom stereocenters. The molecule has 146 valence electrons. The molecule has 0 aromatic heterocycles. The van der Waals surface area contributed by atoms with Gasteiger partial charge in [-0.15, -0.1) is 0 Å². The average Bonchev–Trinajstić information content (AvgIpc) is 2.72. The SMILES string of the molecule is CCOC(=O)Cc1c(CNc2ccccc2)c(OC)c2ccccc2c1OC. The van der Waals surface area contributed by atoms with E-state index in [-0.39, 0.29) is 12.4 Å². The monoisotopic (exact) mass is 379 g/mol. The molecular formula is C23H25NO4. The van der Waals surface area contributed by atoms with E-state index in [1.165, 1.54) is 0 Å². The minimum atomic E-state index is -0.293. The Morgan fingerprint density at radius 3 is 2.00 bits per heavy atom. The van der Waals surface area contributed by atoms with Crippen LogP contribution in [0.4, 0.5) is 5.69 Å². The van der Waals surface area contributed by atoms with Gasteiger partial charge < -0.3 is 19.5 Å². The molecule has 1 N–H and O–H groups in total. The second-order valence-corrected chi connectivity index (χ2v) is 6.27. The summed E-state index contributed by atoms with van der Waals surface area (Å²) in [6.07, 6.45) is 0.115. The van der Waals surface area contributed by atoms with Gasteiger partial charge in [0.15, 0.2) is 0 Å². The molecule has 0 radical (unpaired) electrons. The lowest BCUT2D eigenvalue weighted by atomic mass is 9.95. The quantitative estimate of drug-likeness (QED) is 0.581. The van der Waals surface area contributed by atoms with Crippen molar-refractivity contribution in [2.45, 2.75) is 19.9 Å². The van der Waals surface area contributed by atoms with Crippen LogP contribution >= 0.6 is 0 Å². The number of hydrogen-bond donors (Lipinski definition) is 1. The van der Waals surface area contributed by atoms with Crippen LogP contribution in [0.2, 0.25) is 0 Å². The lowest BCUT2D eigenvalue weighted by Crippen LogP contribution is -2.14. The summed E-state index contributed by atoms with van der Waals surface area (Å²) >= 11 is 0. The van der Waals surface area contributed by atoms with E-state index in [0.717, 1.165) is 33.3 Å². The third-order valence-electron chi connectivity index (χ3n) is 4.61. The highest BCUT2D eigenvalue weighted by Crippen LogP contribution is 2.41. The van der Waals surface area contributed by atoms with E-state index >= 15 is 0 Å². The Kier molecular flexibility index (Phi) is 6.37. The molecule has 28 heavy (non-hydrogen) atoms. The molecule has 0 heterocycles. The van der Waals surface area contributed by atoms with Crippen LogP contribution in [0.25, 0.3) is 10.8 Å². The minimum absolute atomic E-state index is 0.115. The zero-order chi connectivity index (χ0) is 19.9. The fourth-order valence-corrected chi connectivity index (χ4v) is 3.42. The average molecular weight is 379 g/mol. The number of rotatable bonds is 8. The van der Waals surface area contributed by atoms with Crippen molar-refractivity contribution in [3.63, 3.8) is 0 Å². The molecule has 0 bridgehead atoms. The van der Waals surface area contributed by atoms with Crippen molar-refractivity contribution >= 4 is 22.4 Å². The molecule has 0 aliphatic carbocycles. The predicted octanol–water partition coefficient (Wildman–Crippen LogP) is 4.57. The van der Waals surface area contributed by atoms with Gasteiger partial charge in [0.1, 0.15) is 11.5 Å². The third-order valence-corrected chi connectivity index (χ3v) is 4.61. The highest BCUT2D eigenvalue weighted by molar-refractivity contribution is 5.97. The first-order valence-electron chi connectivity index (χ1n) is 9.28. The summed E-state index contributed by atoms with van der Waals surface area (Å²) < 4.78 is 16.7. The molecule has 0 saturated carbocycles. The number of carbonyl (C=O) groups is 1. The molecule has 0 spiro atoms. The van der Waals surface area contributed by atoms with Crippen LogP contribution in [0.3, 0.4) is 0 Å². The van der Waals surface area contributed by atoms with E-state index in [9.17, 15) is 4.79 Å². The number of esters is 1. The maximum Gasteiger partial charge on any atom is 0.310 e. The van der Waals surface area contributed by atoms with Crippen LogP contribution < -0.4 is 14.8 Å². The van der Waals surface area contributed by atoms with Gasteiger partial charge >= 0.3 is 5.97 Å². The molecule has 0 saturated heterocycles. The Morgan fingerprint density at radius 1 is 0.857 bits per heavy atom. The van der Waals surface area contributed by atoms with Crippen molar-refractivity contribution in [3.05, 3.63) is 65.7 Å². The molecule has 0 atom stereocenters. The number of para-hydroxylation sites is 1. The first kappa shape index (κ1) is 19.5. The maximum absolute atomic E-state index is 12.3. The van der Waals surface area contributed by atoms with Crippen molar-refractivity contribution in [1.29, 1.82) is 0 Å². The van der Waals surface area contributed by atoms with E-state index in [1.54, 1.807) is 21.1 Å². The zero-order valence-corrected chi connectivity index (χ0v) is 16.5. The first-order valence-corrected chi connectivity index (χ1v) is 9.28. The summed E-state index contributed by atoms with van der Waals surface area (Å²) in [4.78, 5) is 12.3. The molecule has 0 amide bonds. The molecule has 3 rings (SSSR count). The Hall–Kier alpha value is -3.21. The number of benzene rings is 3. The van der Waals surface area contributed by atoms with Crippen molar-refractivity contribution in [2.24, 2.45) is 0 Å². The van der Waals surface area contributed by atoms with Gasteiger partial charge in [-0.05, 0) is 19.1 Å². The fraction of sp³-hybridized carbons (Fsp3) is 0.261. The number of methoxy groups -OCH3 is 2. The second-order valence-electron chi connectivity index (χ2n) is 6.27. The summed E-state index contributed by atoms with van der Waals surface area (Å²) in [5.41, 5.74) is 2.65. The topological polar surface area (TPSA) is 56.8 Å². The van der Waals surface area contributed by atoms with Crippen molar-refractivity contribution in [3.8, 4) is 11.5 Å². The fourth-order valence-electron chi connectivity index (χ4n) is 3.42. The summed E-state index contributed by atoms with van der Waals surface area (Å²) in [5.74, 6) is 1.12. The van der Waals surface area contributed by atoms with Gasteiger partial charge in [0.2, 0.25) is 0 Å². The lowest BCUT2D eigenvalue weighted by molar-refractivity contribution is -0.142.